The summed E-state index contributed by atoms with van der Waals surface area (Å²) in [5.74, 6) is 0. The summed E-state index contributed by atoms with van der Waals surface area (Å²) in [6, 6.07) is 0. The molecule has 0 amide bonds. The summed E-state index contributed by atoms with van der Waals surface area (Å²) < 4.78 is 26.2. The van der Waals surface area contributed by atoms with Crippen molar-refractivity contribution in [3.05, 3.63) is 10.6 Å². The van der Waals surface area contributed by atoms with Gasteiger partial charge in [-0.2, -0.15) is 0 Å². The van der Waals surface area contributed by atoms with Crippen LogP contribution in [0.3, 0.4) is 0 Å². The van der Waals surface area contributed by atoms with E-state index in [4.69, 9.17) is 5.73 Å². The molecule has 0 spiro atoms. The Labute approximate surface area is 105 Å². The monoisotopic (exact) mass is 275 g/mol. The van der Waals surface area contributed by atoms with Gasteiger partial charge in [0.1, 0.15) is 0 Å². The second-order valence-electron chi connectivity index (χ2n) is 4.29. The maximum absolute atomic E-state index is 11.8. The predicted molar refractivity (Wildman–Crippen MR) is 69.8 cm³/mol. The lowest BCUT2D eigenvalue weighted by molar-refractivity contribution is 0.589. The minimum atomic E-state index is -3.39. The third-order valence-electron chi connectivity index (χ3n) is 2.94. The third kappa shape index (κ3) is 2.78. The summed E-state index contributed by atoms with van der Waals surface area (Å²) in [6.45, 7) is 1.70. The Morgan fingerprint density at radius 2 is 2.18 bits per heavy atom. The van der Waals surface area contributed by atoms with E-state index in [1.165, 1.54) is 22.6 Å². The van der Waals surface area contributed by atoms with Crippen LogP contribution < -0.4 is 10.5 Å². The van der Waals surface area contributed by atoms with Crippen LogP contribution in [0.1, 0.15) is 30.3 Å². The van der Waals surface area contributed by atoms with E-state index in [-0.39, 0.29) is 6.54 Å². The van der Waals surface area contributed by atoms with E-state index in [1.54, 1.807) is 6.92 Å². The predicted octanol–water partition coefficient (Wildman–Crippen LogP) is 1.11. The Hall–Kier alpha value is -0.660. The number of nitrogens with two attached hydrogens (primary N) is 1. The number of rotatable bonds is 4. The Balaban J connectivity index is 2.16. The van der Waals surface area contributed by atoms with Gasteiger partial charge in [-0.1, -0.05) is 0 Å². The first kappa shape index (κ1) is 12.8. The van der Waals surface area contributed by atoms with Crippen molar-refractivity contribution in [2.45, 2.75) is 37.9 Å². The van der Waals surface area contributed by atoms with E-state index < -0.39 is 15.3 Å². The molecule has 17 heavy (non-hydrogen) atoms. The highest BCUT2D eigenvalue weighted by molar-refractivity contribution is 7.93. The summed E-state index contributed by atoms with van der Waals surface area (Å²) in [5.41, 5.74) is 6.43. The van der Waals surface area contributed by atoms with Crippen LogP contribution in [0, 0.1) is 0 Å². The van der Waals surface area contributed by atoms with Crippen molar-refractivity contribution in [1.82, 2.24) is 4.98 Å². The molecule has 7 heteroatoms. The first-order valence-electron chi connectivity index (χ1n) is 5.73. The minimum absolute atomic E-state index is 0.112. The van der Waals surface area contributed by atoms with E-state index in [0.29, 0.717) is 5.13 Å². The van der Waals surface area contributed by atoms with Gasteiger partial charge in [0.25, 0.3) is 0 Å². The van der Waals surface area contributed by atoms with Crippen molar-refractivity contribution >= 4 is 26.5 Å². The molecule has 0 saturated heterocycles. The van der Waals surface area contributed by atoms with Crippen molar-refractivity contribution in [3.8, 4) is 0 Å². The standard InChI is InChI=1S/C10H17N3O2S2/c1-7(6-11)17(14,15)13-10-12-8-4-2-3-5-9(8)16-10/h7H,2-6,11H2,1H3,(H,12,13). The number of fused-ring (bicyclic) bond motifs is 1. The van der Waals surface area contributed by atoms with Gasteiger partial charge < -0.3 is 5.73 Å². The van der Waals surface area contributed by atoms with Gasteiger partial charge in [-0.15, -0.1) is 11.3 Å². The lowest BCUT2D eigenvalue weighted by atomic mass is 10.0. The molecular formula is C10H17N3O2S2. The first-order valence-corrected chi connectivity index (χ1v) is 8.09. The second-order valence-corrected chi connectivity index (χ2v) is 7.47. The fourth-order valence-corrected chi connectivity index (χ4v) is 3.90. The molecule has 0 aliphatic heterocycles. The van der Waals surface area contributed by atoms with Crippen molar-refractivity contribution in [2.75, 3.05) is 11.3 Å². The highest BCUT2D eigenvalue weighted by atomic mass is 32.2. The molecule has 0 saturated carbocycles. The van der Waals surface area contributed by atoms with Gasteiger partial charge in [0.15, 0.2) is 5.13 Å². The van der Waals surface area contributed by atoms with Gasteiger partial charge in [0.05, 0.1) is 10.9 Å². The lowest BCUT2D eigenvalue weighted by Crippen LogP contribution is -2.31. The fourth-order valence-electron chi connectivity index (χ4n) is 1.74. The van der Waals surface area contributed by atoms with E-state index >= 15 is 0 Å². The number of anilines is 1. The highest BCUT2D eigenvalue weighted by Gasteiger charge is 2.22. The lowest BCUT2D eigenvalue weighted by Gasteiger charge is -2.10. The van der Waals surface area contributed by atoms with Crippen LogP contribution in [0.2, 0.25) is 0 Å². The highest BCUT2D eigenvalue weighted by Crippen LogP contribution is 2.30. The average molecular weight is 275 g/mol. The minimum Gasteiger partial charge on any atom is -0.329 e. The number of hydrogen-bond donors (Lipinski definition) is 2. The normalized spacial score (nSPS) is 17.5. The number of aryl methyl sites for hydroxylation is 2. The van der Waals surface area contributed by atoms with Gasteiger partial charge >= 0.3 is 0 Å². The maximum atomic E-state index is 11.8. The van der Waals surface area contributed by atoms with Crippen molar-refractivity contribution in [2.24, 2.45) is 5.73 Å². The molecule has 0 aromatic carbocycles. The fraction of sp³-hybridized carbons (Fsp3) is 0.700. The largest absolute Gasteiger partial charge is 0.329 e. The molecule has 3 N–H and O–H groups in total. The van der Waals surface area contributed by atoms with Gasteiger partial charge in [-0.25, -0.2) is 13.4 Å². The molecule has 0 radical (unpaired) electrons. The molecular weight excluding hydrogens is 258 g/mol. The SMILES string of the molecule is CC(CN)S(=O)(=O)Nc1nc2c(s1)CCCC2. The van der Waals surface area contributed by atoms with Crippen molar-refractivity contribution in [3.63, 3.8) is 0 Å². The summed E-state index contributed by atoms with van der Waals surface area (Å²) in [7, 11) is -3.39. The number of nitrogens with one attached hydrogen (secondary N) is 1. The van der Waals surface area contributed by atoms with Crippen LogP contribution >= 0.6 is 11.3 Å². The molecule has 5 nitrogen and oxygen atoms in total. The van der Waals surface area contributed by atoms with E-state index in [2.05, 4.69) is 9.71 Å². The number of hydrogen-bond acceptors (Lipinski definition) is 5. The van der Waals surface area contributed by atoms with Crippen LogP contribution in [-0.4, -0.2) is 25.2 Å². The average Bonchev–Trinajstić information content (AvgIpc) is 2.68. The zero-order valence-corrected chi connectivity index (χ0v) is 11.4. The van der Waals surface area contributed by atoms with Gasteiger partial charge in [0, 0.05) is 11.4 Å². The van der Waals surface area contributed by atoms with Crippen LogP contribution in [0.5, 0.6) is 0 Å². The Kier molecular flexibility index (Phi) is 3.70. The van der Waals surface area contributed by atoms with E-state index in [0.717, 1.165) is 25.0 Å². The van der Waals surface area contributed by atoms with Gasteiger partial charge in [-0.05, 0) is 32.6 Å². The summed E-state index contributed by atoms with van der Waals surface area (Å²) >= 11 is 1.45. The molecule has 1 atom stereocenters. The number of nitrogens with zero attached hydrogens (tertiary/aromatic N) is 1. The molecule has 1 aliphatic carbocycles. The molecule has 1 heterocycles. The van der Waals surface area contributed by atoms with Crippen LogP contribution in [0.25, 0.3) is 0 Å². The molecule has 1 aromatic rings. The maximum Gasteiger partial charge on any atom is 0.238 e. The molecule has 2 rings (SSSR count). The third-order valence-corrected chi connectivity index (χ3v) is 5.87. The van der Waals surface area contributed by atoms with Crippen LogP contribution in [0.15, 0.2) is 0 Å². The van der Waals surface area contributed by atoms with E-state index in [1.807, 2.05) is 0 Å². The topological polar surface area (TPSA) is 85.1 Å². The summed E-state index contributed by atoms with van der Waals surface area (Å²) in [6.07, 6.45) is 4.28. The van der Waals surface area contributed by atoms with Crippen LogP contribution in [-0.2, 0) is 22.9 Å². The first-order chi connectivity index (χ1) is 8.03. The number of aromatic nitrogens is 1. The summed E-state index contributed by atoms with van der Waals surface area (Å²) in [5, 5.41) is -0.111. The Bertz CT molecular complexity index is 472. The van der Waals surface area contributed by atoms with Crippen molar-refractivity contribution in [1.29, 1.82) is 0 Å². The quantitative estimate of drug-likeness (QED) is 0.862. The Morgan fingerprint density at radius 3 is 2.82 bits per heavy atom. The molecule has 96 valence electrons. The van der Waals surface area contributed by atoms with E-state index in [9.17, 15) is 8.42 Å². The molecule has 1 unspecified atom stereocenters. The van der Waals surface area contributed by atoms with Crippen LogP contribution in [0.4, 0.5) is 5.13 Å². The molecule has 1 aliphatic rings. The van der Waals surface area contributed by atoms with Crippen molar-refractivity contribution < 1.29 is 8.42 Å². The molecule has 0 fully saturated rings. The number of sulfonamides is 1. The zero-order valence-electron chi connectivity index (χ0n) is 9.77. The molecule has 0 bridgehead atoms. The number of thiazole rings is 1. The Morgan fingerprint density at radius 1 is 1.47 bits per heavy atom. The smallest absolute Gasteiger partial charge is 0.238 e. The van der Waals surface area contributed by atoms with Gasteiger partial charge in [0.2, 0.25) is 10.0 Å². The summed E-state index contributed by atoms with van der Waals surface area (Å²) in [4.78, 5) is 5.56. The second kappa shape index (κ2) is 4.91. The zero-order chi connectivity index (χ0) is 12.5. The molecule has 1 aromatic heterocycles. The van der Waals surface area contributed by atoms with Gasteiger partial charge in [-0.3, -0.25) is 4.72 Å².